The van der Waals surface area contributed by atoms with Crippen LogP contribution < -0.4 is 0 Å². The van der Waals surface area contributed by atoms with Crippen molar-refractivity contribution in [3.05, 3.63) is 34.6 Å². The smallest absolute Gasteiger partial charge is 0.128 e. The monoisotopic (exact) mass is 266 g/mol. The molecule has 0 bridgehead atoms. The zero-order valence-electron chi connectivity index (χ0n) is 8.40. The lowest BCUT2D eigenvalue weighted by Crippen LogP contribution is -2.21. The standard InChI is InChI=1S/C10H12ClFO3S/c11-8-2-1-7(10(12)3-8)5-16(15)6-9(14)4-13/h1-3,9,13-14H,4-6H2. The molecule has 0 saturated carbocycles. The van der Waals surface area contributed by atoms with Gasteiger partial charge in [0.1, 0.15) is 5.82 Å². The lowest BCUT2D eigenvalue weighted by Gasteiger charge is -2.07. The van der Waals surface area contributed by atoms with Crippen molar-refractivity contribution in [2.24, 2.45) is 0 Å². The first kappa shape index (κ1) is 13.6. The second-order valence-electron chi connectivity index (χ2n) is 3.32. The van der Waals surface area contributed by atoms with Gasteiger partial charge in [-0.25, -0.2) is 4.39 Å². The Kier molecular flexibility index (Phi) is 5.34. The number of halogens is 2. The summed E-state index contributed by atoms with van der Waals surface area (Å²) in [4.78, 5) is 0. The second-order valence-corrected chi connectivity index (χ2v) is 5.26. The molecule has 90 valence electrons. The van der Waals surface area contributed by atoms with Crippen LogP contribution in [0.1, 0.15) is 5.56 Å². The van der Waals surface area contributed by atoms with Crippen LogP contribution in [0.15, 0.2) is 18.2 Å². The third kappa shape index (κ3) is 4.17. The zero-order valence-corrected chi connectivity index (χ0v) is 9.97. The summed E-state index contributed by atoms with van der Waals surface area (Å²) < 4.78 is 24.8. The van der Waals surface area contributed by atoms with Gasteiger partial charge in [-0.1, -0.05) is 17.7 Å². The molecular formula is C10H12ClFO3S. The highest BCUT2D eigenvalue weighted by molar-refractivity contribution is 7.84. The lowest BCUT2D eigenvalue weighted by atomic mass is 10.2. The van der Waals surface area contributed by atoms with E-state index < -0.39 is 29.3 Å². The molecule has 0 aliphatic heterocycles. The van der Waals surface area contributed by atoms with Crippen molar-refractivity contribution < 1.29 is 18.8 Å². The molecule has 3 nitrogen and oxygen atoms in total. The summed E-state index contributed by atoms with van der Waals surface area (Å²) in [5.74, 6) is -0.585. The molecule has 0 aromatic heterocycles. The average Bonchev–Trinajstić information content (AvgIpc) is 2.22. The van der Waals surface area contributed by atoms with E-state index in [-0.39, 0.29) is 22.1 Å². The number of aliphatic hydroxyl groups excluding tert-OH is 2. The first-order valence-electron chi connectivity index (χ1n) is 4.60. The molecule has 0 saturated heterocycles. The van der Waals surface area contributed by atoms with E-state index in [9.17, 15) is 8.60 Å². The van der Waals surface area contributed by atoms with E-state index in [0.717, 1.165) is 6.07 Å². The molecule has 2 N–H and O–H groups in total. The highest BCUT2D eigenvalue weighted by Crippen LogP contribution is 2.16. The Morgan fingerprint density at radius 2 is 2.19 bits per heavy atom. The van der Waals surface area contributed by atoms with Gasteiger partial charge in [0.05, 0.1) is 24.2 Å². The summed E-state index contributed by atoms with van der Waals surface area (Å²) in [6, 6.07) is 4.12. The van der Waals surface area contributed by atoms with Crippen LogP contribution in [-0.4, -0.2) is 32.9 Å². The normalized spacial score (nSPS) is 14.8. The SMILES string of the molecule is O=S(Cc1ccc(Cl)cc1F)CC(O)CO. The maximum Gasteiger partial charge on any atom is 0.128 e. The second kappa shape index (κ2) is 6.30. The van der Waals surface area contributed by atoms with Crippen molar-refractivity contribution in [2.45, 2.75) is 11.9 Å². The Bertz CT molecular complexity index is 386. The summed E-state index contributed by atoms with van der Waals surface area (Å²) in [5.41, 5.74) is 0.285. The summed E-state index contributed by atoms with van der Waals surface area (Å²) in [6.07, 6.45) is -1.03. The fourth-order valence-electron chi connectivity index (χ4n) is 1.14. The first-order valence-corrected chi connectivity index (χ1v) is 6.47. The number of rotatable bonds is 5. The van der Waals surface area contributed by atoms with Crippen LogP contribution in [0, 0.1) is 5.82 Å². The van der Waals surface area contributed by atoms with Gasteiger partial charge in [-0.3, -0.25) is 4.21 Å². The molecule has 0 aliphatic rings. The molecule has 6 heteroatoms. The summed E-state index contributed by atoms with van der Waals surface area (Å²) in [6.45, 7) is -0.450. The molecular weight excluding hydrogens is 255 g/mol. The van der Waals surface area contributed by atoms with E-state index in [4.69, 9.17) is 21.8 Å². The molecule has 0 amide bonds. The van der Waals surface area contributed by atoms with Gasteiger partial charge < -0.3 is 10.2 Å². The fourth-order valence-corrected chi connectivity index (χ4v) is 2.53. The van der Waals surface area contributed by atoms with E-state index in [1.165, 1.54) is 12.1 Å². The highest BCUT2D eigenvalue weighted by atomic mass is 35.5. The van der Waals surface area contributed by atoms with Crippen LogP contribution in [0.25, 0.3) is 0 Å². The summed E-state index contributed by atoms with van der Waals surface area (Å²) in [7, 11) is -1.41. The number of hydrogen-bond acceptors (Lipinski definition) is 3. The average molecular weight is 267 g/mol. The van der Waals surface area contributed by atoms with Gasteiger partial charge in [0.25, 0.3) is 0 Å². The first-order chi connectivity index (χ1) is 7.52. The van der Waals surface area contributed by atoms with E-state index in [1.807, 2.05) is 0 Å². The molecule has 0 aliphatic carbocycles. The van der Waals surface area contributed by atoms with Crippen LogP contribution in [-0.2, 0) is 16.6 Å². The van der Waals surface area contributed by atoms with Gasteiger partial charge in [-0.15, -0.1) is 0 Å². The van der Waals surface area contributed by atoms with E-state index in [1.54, 1.807) is 0 Å². The maximum atomic E-state index is 13.3. The van der Waals surface area contributed by atoms with Crippen molar-refractivity contribution in [1.29, 1.82) is 0 Å². The number of aliphatic hydroxyl groups is 2. The van der Waals surface area contributed by atoms with Crippen LogP contribution in [0.2, 0.25) is 5.02 Å². The van der Waals surface area contributed by atoms with Crippen molar-refractivity contribution in [3.8, 4) is 0 Å². The Hall–Kier alpha value is -0.490. The Balaban J connectivity index is 2.63. The topological polar surface area (TPSA) is 57.5 Å². The van der Waals surface area contributed by atoms with Crippen LogP contribution in [0.3, 0.4) is 0 Å². The molecule has 16 heavy (non-hydrogen) atoms. The molecule has 0 spiro atoms. The van der Waals surface area contributed by atoms with E-state index >= 15 is 0 Å². The van der Waals surface area contributed by atoms with Gasteiger partial charge in [0.2, 0.25) is 0 Å². The molecule has 1 aromatic rings. The molecule has 1 aromatic carbocycles. The van der Waals surface area contributed by atoms with Crippen LogP contribution in [0.4, 0.5) is 4.39 Å². The minimum Gasteiger partial charge on any atom is -0.394 e. The molecule has 0 radical (unpaired) electrons. The zero-order chi connectivity index (χ0) is 12.1. The molecule has 2 unspecified atom stereocenters. The predicted molar refractivity (Wildman–Crippen MR) is 61.2 cm³/mol. The van der Waals surface area contributed by atoms with Crippen LogP contribution >= 0.6 is 11.6 Å². The highest BCUT2D eigenvalue weighted by Gasteiger charge is 2.11. The number of benzene rings is 1. The van der Waals surface area contributed by atoms with Crippen molar-refractivity contribution >= 4 is 22.4 Å². The summed E-state index contributed by atoms with van der Waals surface area (Å²) >= 11 is 5.57. The largest absolute Gasteiger partial charge is 0.394 e. The summed E-state index contributed by atoms with van der Waals surface area (Å²) in [5, 5.41) is 17.9. The van der Waals surface area contributed by atoms with Crippen molar-refractivity contribution in [2.75, 3.05) is 12.4 Å². The van der Waals surface area contributed by atoms with E-state index in [0.29, 0.717) is 0 Å². The molecule has 2 atom stereocenters. The third-order valence-corrected chi connectivity index (χ3v) is 3.55. The van der Waals surface area contributed by atoms with Crippen molar-refractivity contribution in [1.82, 2.24) is 0 Å². The Labute approximate surface area is 100 Å². The van der Waals surface area contributed by atoms with Gasteiger partial charge >= 0.3 is 0 Å². The lowest BCUT2D eigenvalue weighted by molar-refractivity contribution is 0.113. The Morgan fingerprint density at radius 3 is 2.75 bits per heavy atom. The number of hydrogen-bond donors (Lipinski definition) is 2. The Morgan fingerprint density at radius 1 is 1.50 bits per heavy atom. The van der Waals surface area contributed by atoms with Gasteiger partial charge in [-0.2, -0.15) is 0 Å². The minimum atomic E-state index is -1.41. The molecule has 0 fully saturated rings. The van der Waals surface area contributed by atoms with E-state index in [2.05, 4.69) is 0 Å². The minimum absolute atomic E-state index is 0.0000617. The predicted octanol–water partition coefficient (Wildman–Crippen LogP) is 1.08. The van der Waals surface area contributed by atoms with Gasteiger partial charge in [0, 0.05) is 21.4 Å². The van der Waals surface area contributed by atoms with Gasteiger partial charge in [-0.05, 0) is 12.1 Å². The molecule has 1 rings (SSSR count). The van der Waals surface area contributed by atoms with Crippen LogP contribution in [0.5, 0.6) is 0 Å². The van der Waals surface area contributed by atoms with Gasteiger partial charge in [0.15, 0.2) is 0 Å². The maximum absolute atomic E-state index is 13.3. The molecule has 0 heterocycles. The fraction of sp³-hybridized carbons (Fsp3) is 0.400. The quantitative estimate of drug-likeness (QED) is 0.839. The third-order valence-electron chi connectivity index (χ3n) is 1.92. The van der Waals surface area contributed by atoms with Crippen molar-refractivity contribution in [3.63, 3.8) is 0 Å².